The maximum atomic E-state index is 11.3. The topological polar surface area (TPSA) is 89.2 Å². The van der Waals surface area contributed by atoms with E-state index in [1.165, 1.54) is 6.20 Å². The van der Waals surface area contributed by atoms with Crippen LogP contribution in [0.25, 0.3) is 0 Å². The Morgan fingerprint density at radius 2 is 2.19 bits per heavy atom. The van der Waals surface area contributed by atoms with Gasteiger partial charge < -0.3 is 10.6 Å². The molecule has 0 radical (unpaired) electrons. The van der Waals surface area contributed by atoms with Gasteiger partial charge in [0.1, 0.15) is 11.6 Å². The number of hydrogen-bond donors (Lipinski definition) is 1. The molecule has 0 spiro atoms. The number of anilines is 2. The molecule has 7 heteroatoms. The van der Waals surface area contributed by atoms with Gasteiger partial charge in [-0.25, -0.2) is 18.4 Å². The van der Waals surface area contributed by atoms with Crippen LogP contribution in [0, 0.1) is 0 Å². The largest absolute Gasteiger partial charge is 0.382 e. The van der Waals surface area contributed by atoms with E-state index < -0.39 is 9.84 Å². The number of aromatic nitrogens is 2. The van der Waals surface area contributed by atoms with E-state index in [0.29, 0.717) is 18.1 Å². The molecule has 1 aliphatic heterocycles. The Morgan fingerprint density at radius 1 is 1.44 bits per heavy atom. The quantitative estimate of drug-likeness (QED) is 0.764. The SMILES string of the molecule is CN(c1cnc(N)cn1)C1CCS(=O)(=O)C1. The minimum absolute atomic E-state index is 0.0112. The zero-order valence-electron chi connectivity index (χ0n) is 9.00. The summed E-state index contributed by atoms with van der Waals surface area (Å²) < 4.78 is 22.7. The van der Waals surface area contributed by atoms with Crippen LogP contribution in [0.3, 0.4) is 0 Å². The molecular weight excluding hydrogens is 228 g/mol. The molecule has 2 rings (SSSR count). The van der Waals surface area contributed by atoms with Crippen LogP contribution in [-0.2, 0) is 9.84 Å². The van der Waals surface area contributed by atoms with Crippen molar-refractivity contribution < 1.29 is 8.42 Å². The molecule has 1 aromatic rings. The molecule has 0 saturated carbocycles. The summed E-state index contributed by atoms with van der Waals surface area (Å²) in [5.74, 6) is 1.45. The van der Waals surface area contributed by atoms with E-state index in [1.807, 2.05) is 11.9 Å². The highest BCUT2D eigenvalue weighted by atomic mass is 32.2. The third-order valence-electron chi connectivity index (χ3n) is 2.78. The van der Waals surface area contributed by atoms with Crippen molar-refractivity contribution in [3.8, 4) is 0 Å². The molecule has 6 nitrogen and oxygen atoms in total. The fraction of sp³-hybridized carbons (Fsp3) is 0.556. The molecule has 0 bridgehead atoms. The zero-order valence-corrected chi connectivity index (χ0v) is 9.81. The van der Waals surface area contributed by atoms with Gasteiger partial charge in [0.25, 0.3) is 0 Å². The molecule has 1 atom stereocenters. The fourth-order valence-corrected chi connectivity index (χ4v) is 3.56. The second-order valence-corrected chi connectivity index (χ2v) is 6.20. The molecule has 2 heterocycles. The average molecular weight is 242 g/mol. The Bertz CT molecular complexity index is 471. The molecule has 0 amide bonds. The first kappa shape index (κ1) is 11.1. The van der Waals surface area contributed by atoms with Crippen molar-refractivity contribution in [1.29, 1.82) is 0 Å². The molecule has 1 saturated heterocycles. The number of nitrogens with two attached hydrogens (primary N) is 1. The van der Waals surface area contributed by atoms with E-state index in [-0.39, 0.29) is 17.5 Å². The average Bonchev–Trinajstić information content (AvgIpc) is 2.59. The van der Waals surface area contributed by atoms with Crippen LogP contribution in [0.1, 0.15) is 6.42 Å². The van der Waals surface area contributed by atoms with Crippen LogP contribution in [0.2, 0.25) is 0 Å². The van der Waals surface area contributed by atoms with E-state index in [4.69, 9.17) is 5.73 Å². The van der Waals surface area contributed by atoms with E-state index in [1.54, 1.807) is 6.20 Å². The van der Waals surface area contributed by atoms with E-state index in [2.05, 4.69) is 9.97 Å². The van der Waals surface area contributed by atoms with Crippen molar-refractivity contribution in [1.82, 2.24) is 9.97 Å². The van der Waals surface area contributed by atoms with Gasteiger partial charge in [-0.3, -0.25) is 0 Å². The monoisotopic (exact) mass is 242 g/mol. The van der Waals surface area contributed by atoms with E-state index in [0.717, 1.165) is 0 Å². The number of nitrogen functional groups attached to an aromatic ring is 1. The standard InChI is InChI=1S/C9H14N4O2S/c1-13(7-2-3-16(14,15)6-7)9-5-11-8(10)4-12-9/h4-5,7H,2-3,6H2,1H3,(H2,10,11). The molecule has 88 valence electrons. The van der Waals surface area contributed by atoms with Crippen molar-refractivity contribution in [2.45, 2.75) is 12.5 Å². The van der Waals surface area contributed by atoms with Gasteiger partial charge in [0.05, 0.1) is 23.9 Å². The smallest absolute Gasteiger partial charge is 0.152 e. The zero-order chi connectivity index (χ0) is 11.8. The lowest BCUT2D eigenvalue weighted by Gasteiger charge is -2.23. The molecule has 1 fully saturated rings. The van der Waals surface area contributed by atoms with Gasteiger partial charge in [-0.1, -0.05) is 0 Å². The lowest BCUT2D eigenvalue weighted by Crippen LogP contribution is -2.33. The maximum absolute atomic E-state index is 11.3. The molecule has 16 heavy (non-hydrogen) atoms. The molecule has 1 aromatic heterocycles. The van der Waals surface area contributed by atoms with E-state index in [9.17, 15) is 8.42 Å². The summed E-state index contributed by atoms with van der Waals surface area (Å²) in [5.41, 5.74) is 5.44. The first-order valence-corrected chi connectivity index (χ1v) is 6.81. The Labute approximate surface area is 94.4 Å². The minimum Gasteiger partial charge on any atom is -0.382 e. The predicted octanol–water partition coefficient (Wildman–Crippen LogP) is -0.318. The molecule has 0 aliphatic carbocycles. The third kappa shape index (κ3) is 2.24. The van der Waals surface area contributed by atoms with Gasteiger partial charge in [0, 0.05) is 13.1 Å². The van der Waals surface area contributed by atoms with Gasteiger partial charge in [-0.05, 0) is 6.42 Å². The number of rotatable bonds is 2. The summed E-state index contributed by atoms with van der Waals surface area (Å²) in [4.78, 5) is 9.89. The third-order valence-corrected chi connectivity index (χ3v) is 4.53. The van der Waals surface area contributed by atoms with Crippen molar-refractivity contribution in [2.75, 3.05) is 29.2 Å². The Hall–Kier alpha value is -1.37. The Kier molecular flexibility index (Phi) is 2.71. The minimum atomic E-state index is -2.87. The summed E-state index contributed by atoms with van der Waals surface area (Å²) >= 11 is 0. The second-order valence-electron chi connectivity index (χ2n) is 3.97. The normalized spacial score (nSPS) is 23.2. The maximum Gasteiger partial charge on any atom is 0.152 e. The highest BCUT2D eigenvalue weighted by Gasteiger charge is 2.31. The molecular formula is C9H14N4O2S. The Morgan fingerprint density at radius 3 is 2.69 bits per heavy atom. The van der Waals surface area contributed by atoms with Gasteiger partial charge >= 0.3 is 0 Å². The van der Waals surface area contributed by atoms with Crippen LogP contribution in [-0.4, -0.2) is 43.0 Å². The summed E-state index contributed by atoms with van der Waals surface area (Å²) in [6.45, 7) is 0. The number of hydrogen-bond acceptors (Lipinski definition) is 6. The number of nitrogens with zero attached hydrogens (tertiary/aromatic N) is 3. The lowest BCUT2D eigenvalue weighted by molar-refractivity contribution is 0.600. The molecule has 1 unspecified atom stereocenters. The van der Waals surface area contributed by atoms with Crippen molar-refractivity contribution in [3.05, 3.63) is 12.4 Å². The van der Waals surface area contributed by atoms with Gasteiger partial charge in [0.2, 0.25) is 0 Å². The summed E-state index contributed by atoms with van der Waals surface area (Å²) in [7, 11) is -1.05. The lowest BCUT2D eigenvalue weighted by atomic mass is 10.2. The molecule has 0 aromatic carbocycles. The van der Waals surface area contributed by atoms with Crippen LogP contribution >= 0.6 is 0 Å². The second kappa shape index (κ2) is 3.89. The molecule has 2 N–H and O–H groups in total. The summed E-state index contributed by atoms with van der Waals surface area (Å²) in [6.07, 6.45) is 3.67. The first-order chi connectivity index (χ1) is 7.48. The first-order valence-electron chi connectivity index (χ1n) is 4.99. The summed E-state index contributed by atoms with van der Waals surface area (Å²) in [5, 5.41) is 0. The van der Waals surface area contributed by atoms with Crippen molar-refractivity contribution in [2.24, 2.45) is 0 Å². The fourth-order valence-electron chi connectivity index (χ4n) is 1.78. The number of sulfone groups is 1. The van der Waals surface area contributed by atoms with Crippen LogP contribution < -0.4 is 10.6 Å². The van der Waals surface area contributed by atoms with Crippen LogP contribution in [0.4, 0.5) is 11.6 Å². The van der Waals surface area contributed by atoms with Crippen LogP contribution in [0.15, 0.2) is 12.4 Å². The van der Waals surface area contributed by atoms with Crippen molar-refractivity contribution >= 4 is 21.5 Å². The van der Waals surface area contributed by atoms with Gasteiger partial charge in [-0.2, -0.15) is 0 Å². The van der Waals surface area contributed by atoms with Gasteiger partial charge in [-0.15, -0.1) is 0 Å². The predicted molar refractivity (Wildman–Crippen MR) is 61.9 cm³/mol. The highest BCUT2D eigenvalue weighted by molar-refractivity contribution is 7.91. The van der Waals surface area contributed by atoms with E-state index >= 15 is 0 Å². The Balaban J connectivity index is 2.14. The van der Waals surface area contributed by atoms with Gasteiger partial charge in [0.15, 0.2) is 9.84 Å². The molecule has 1 aliphatic rings. The van der Waals surface area contributed by atoms with Crippen LogP contribution in [0.5, 0.6) is 0 Å². The summed E-state index contributed by atoms with van der Waals surface area (Å²) in [6, 6.07) is -0.0112. The van der Waals surface area contributed by atoms with Crippen molar-refractivity contribution in [3.63, 3.8) is 0 Å². The highest BCUT2D eigenvalue weighted by Crippen LogP contribution is 2.20.